The van der Waals surface area contributed by atoms with E-state index < -0.39 is 6.04 Å². The largest absolute Gasteiger partial charge is 0.494 e. The van der Waals surface area contributed by atoms with Crippen LogP contribution in [0.15, 0.2) is 24.3 Å². The van der Waals surface area contributed by atoms with Gasteiger partial charge in [-0.05, 0) is 30.9 Å². The number of nitrogens with one attached hydrogen (secondary N) is 1. The van der Waals surface area contributed by atoms with E-state index in [1.54, 1.807) is 0 Å². The third-order valence-electron chi connectivity index (χ3n) is 2.99. The summed E-state index contributed by atoms with van der Waals surface area (Å²) < 4.78 is 5.54. The summed E-state index contributed by atoms with van der Waals surface area (Å²) in [6.45, 7) is 7.05. The molecule has 0 saturated heterocycles. The Morgan fingerprint density at radius 2 is 2.00 bits per heavy atom. The molecule has 0 aromatic heterocycles. The number of carbonyl (C=O) groups excluding carboxylic acids is 1. The number of hydrogen-bond acceptors (Lipinski definition) is 3. The lowest BCUT2D eigenvalue weighted by Gasteiger charge is -2.16. The molecular formula is C15H25ClN2O2. The molecule has 0 aliphatic carbocycles. The lowest BCUT2D eigenvalue weighted by Crippen LogP contribution is -2.44. The van der Waals surface area contributed by atoms with Crippen LogP contribution in [0.4, 0.5) is 0 Å². The zero-order valence-electron chi connectivity index (χ0n) is 12.4. The van der Waals surface area contributed by atoms with Gasteiger partial charge in [0.05, 0.1) is 12.6 Å². The molecule has 0 fully saturated rings. The summed E-state index contributed by atoms with van der Waals surface area (Å²) in [6, 6.07) is 7.43. The molecule has 1 rings (SSSR count). The highest BCUT2D eigenvalue weighted by Gasteiger charge is 2.16. The maximum Gasteiger partial charge on any atom is 0.237 e. The average Bonchev–Trinajstić information content (AvgIpc) is 2.39. The van der Waals surface area contributed by atoms with Gasteiger partial charge in [-0.15, -0.1) is 12.4 Å². The van der Waals surface area contributed by atoms with E-state index in [4.69, 9.17) is 10.5 Å². The van der Waals surface area contributed by atoms with E-state index in [2.05, 4.69) is 5.32 Å². The summed E-state index contributed by atoms with van der Waals surface area (Å²) >= 11 is 0. The second-order valence-electron chi connectivity index (χ2n) is 4.85. The lowest BCUT2D eigenvalue weighted by atomic mass is 10.0. The fraction of sp³-hybridized carbons (Fsp3) is 0.533. The van der Waals surface area contributed by atoms with E-state index in [1.165, 1.54) is 0 Å². The number of halogens is 1. The van der Waals surface area contributed by atoms with Gasteiger partial charge >= 0.3 is 0 Å². The van der Waals surface area contributed by atoms with Crippen molar-refractivity contribution in [1.29, 1.82) is 0 Å². The van der Waals surface area contributed by atoms with Crippen LogP contribution in [0, 0.1) is 5.92 Å². The zero-order chi connectivity index (χ0) is 14.3. The number of amides is 1. The molecule has 1 aromatic carbocycles. The molecule has 0 unspecified atom stereocenters. The molecule has 0 aliphatic heterocycles. The molecule has 0 bridgehead atoms. The van der Waals surface area contributed by atoms with Crippen LogP contribution in [-0.4, -0.2) is 25.1 Å². The molecule has 1 atom stereocenters. The van der Waals surface area contributed by atoms with Gasteiger partial charge in [0, 0.05) is 6.54 Å². The van der Waals surface area contributed by atoms with Crippen LogP contribution >= 0.6 is 12.4 Å². The van der Waals surface area contributed by atoms with Crippen LogP contribution in [-0.2, 0) is 11.2 Å². The van der Waals surface area contributed by atoms with Crippen molar-refractivity contribution in [3.8, 4) is 5.75 Å². The van der Waals surface area contributed by atoms with Gasteiger partial charge in [0.25, 0.3) is 0 Å². The predicted molar refractivity (Wildman–Crippen MR) is 84.4 cm³/mol. The summed E-state index contributed by atoms with van der Waals surface area (Å²) in [4.78, 5) is 11.7. The maximum absolute atomic E-state index is 11.7. The summed E-state index contributed by atoms with van der Waals surface area (Å²) in [5.41, 5.74) is 6.88. The van der Waals surface area contributed by atoms with Gasteiger partial charge in [0.15, 0.2) is 0 Å². The van der Waals surface area contributed by atoms with E-state index in [1.807, 2.05) is 45.0 Å². The molecule has 4 nitrogen and oxygen atoms in total. The Balaban J connectivity index is 0.00000361. The standard InChI is InChI=1S/C15H24N2O2.ClH/c1-4-19-13-8-6-5-7-12(13)9-10-17-15(18)14(16)11(2)3;/h5-8,11,14H,4,9-10,16H2,1-3H3,(H,17,18);1H/t14-;/m0./s1. The minimum Gasteiger partial charge on any atom is -0.494 e. The van der Waals surface area contributed by atoms with Gasteiger partial charge in [-0.1, -0.05) is 32.0 Å². The van der Waals surface area contributed by atoms with Crippen LogP contribution in [0.3, 0.4) is 0 Å². The fourth-order valence-corrected chi connectivity index (χ4v) is 1.75. The normalized spacial score (nSPS) is 11.7. The number of nitrogens with two attached hydrogens (primary N) is 1. The minimum atomic E-state index is -0.442. The van der Waals surface area contributed by atoms with E-state index >= 15 is 0 Å². The van der Waals surface area contributed by atoms with Crippen molar-refractivity contribution in [1.82, 2.24) is 5.32 Å². The number of hydrogen-bond donors (Lipinski definition) is 2. The molecule has 5 heteroatoms. The molecular weight excluding hydrogens is 276 g/mol. The number of benzene rings is 1. The first-order valence-electron chi connectivity index (χ1n) is 6.80. The average molecular weight is 301 g/mol. The summed E-state index contributed by atoms with van der Waals surface area (Å²) in [7, 11) is 0. The molecule has 114 valence electrons. The molecule has 3 N–H and O–H groups in total. The van der Waals surface area contributed by atoms with Gasteiger partial charge in [-0.2, -0.15) is 0 Å². The second-order valence-corrected chi connectivity index (χ2v) is 4.85. The lowest BCUT2D eigenvalue weighted by molar-refractivity contribution is -0.123. The quantitative estimate of drug-likeness (QED) is 0.811. The fourth-order valence-electron chi connectivity index (χ4n) is 1.75. The second kappa shape index (κ2) is 9.61. The van der Waals surface area contributed by atoms with Crippen molar-refractivity contribution < 1.29 is 9.53 Å². The number of rotatable bonds is 7. The monoisotopic (exact) mass is 300 g/mol. The first-order valence-corrected chi connectivity index (χ1v) is 6.80. The molecule has 0 spiro atoms. The third kappa shape index (κ3) is 5.80. The van der Waals surface area contributed by atoms with Crippen molar-refractivity contribution in [2.24, 2.45) is 11.7 Å². The van der Waals surface area contributed by atoms with Crippen molar-refractivity contribution in [3.63, 3.8) is 0 Å². The smallest absolute Gasteiger partial charge is 0.237 e. The number of para-hydroxylation sites is 1. The minimum absolute atomic E-state index is 0. The molecule has 0 heterocycles. The molecule has 0 radical (unpaired) electrons. The Morgan fingerprint density at radius 1 is 1.35 bits per heavy atom. The molecule has 0 saturated carbocycles. The summed E-state index contributed by atoms with van der Waals surface area (Å²) in [6.07, 6.45) is 0.743. The number of carbonyl (C=O) groups is 1. The van der Waals surface area contributed by atoms with E-state index in [-0.39, 0.29) is 24.2 Å². The first-order chi connectivity index (χ1) is 9.06. The van der Waals surface area contributed by atoms with Crippen LogP contribution in [0.1, 0.15) is 26.3 Å². The Bertz CT molecular complexity index is 411. The van der Waals surface area contributed by atoms with Crippen molar-refractivity contribution >= 4 is 18.3 Å². The van der Waals surface area contributed by atoms with Gasteiger partial charge < -0.3 is 15.8 Å². The molecule has 20 heavy (non-hydrogen) atoms. The van der Waals surface area contributed by atoms with Crippen molar-refractivity contribution in [2.45, 2.75) is 33.2 Å². The van der Waals surface area contributed by atoms with Crippen LogP contribution < -0.4 is 15.8 Å². The van der Waals surface area contributed by atoms with Crippen molar-refractivity contribution in [2.75, 3.05) is 13.2 Å². The van der Waals surface area contributed by atoms with Gasteiger partial charge in [0.1, 0.15) is 5.75 Å². The Kier molecular flexibility index (Phi) is 9.01. The Hall–Kier alpha value is -1.26. The predicted octanol–water partition coefficient (Wildman–Crippen LogP) is 2.15. The van der Waals surface area contributed by atoms with Crippen LogP contribution in [0.5, 0.6) is 5.75 Å². The first kappa shape index (κ1) is 18.7. The van der Waals surface area contributed by atoms with Crippen LogP contribution in [0.25, 0.3) is 0 Å². The van der Waals surface area contributed by atoms with Crippen LogP contribution in [0.2, 0.25) is 0 Å². The summed E-state index contributed by atoms with van der Waals surface area (Å²) in [5, 5.41) is 2.86. The topological polar surface area (TPSA) is 64.3 Å². The zero-order valence-corrected chi connectivity index (χ0v) is 13.2. The maximum atomic E-state index is 11.7. The highest BCUT2D eigenvalue weighted by molar-refractivity contribution is 5.85. The Morgan fingerprint density at radius 3 is 2.60 bits per heavy atom. The van der Waals surface area contributed by atoms with E-state index in [0.717, 1.165) is 17.7 Å². The molecule has 1 amide bonds. The van der Waals surface area contributed by atoms with E-state index in [9.17, 15) is 4.79 Å². The molecule has 0 aliphatic rings. The van der Waals surface area contributed by atoms with Gasteiger partial charge in [-0.25, -0.2) is 0 Å². The highest BCUT2D eigenvalue weighted by Crippen LogP contribution is 2.17. The van der Waals surface area contributed by atoms with Gasteiger partial charge in [0.2, 0.25) is 5.91 Å². The van der Waals surface area contributed by atoms with Crippen molar-refractivity contribution in [3.05, 3.63) is 29.8 Å². The SMILES string of the molecule is CCOc1ccccc1CCNC(=O)[C@@H](N)C(C)C.Cl. The van der Waals surface area contributed by atoms with E-state index in [0.29, 0.717) is 13.2 Å². The Labute approximate surface area is 127 Å². The number of ether oxygens (including phenoxy) is 1. The molecule has 1 aromatic rings. The van der Waals surface area contributed by atoms with Gasteiger partial charge in [-0.3, -0.25) is 4.79 Å². The summed E-state index contributed by atoms with van der Waals surface area (Å²) in [5.74, 6) is 0.937. The third-order valence-corrected chi connectivity index (χ3v) is 2.99. The highest BCUT2D eigenvalue weighted by atomic mass is 35.5.